The van der Waals surface area contributed by atoms with Crippen molar-refractivity contribution in [2.24, 2.45) is 0 Å². The van der Waals surface area contributed by atoms with Gasteiger partial charge in [-0.25, -0.2) is 0 Å². The van der Waals surface area contributed by atoms with Crippen molar-refractivity contribution in [3.05, 3.63) is 71.3 Å². The molecule has 1 nitrogen and oxygen atoms in total. The molecule has 1 heteroatoms. The molecule has 0 aliphatic rings. The van der Waals surface area contributed by atoms with Crippen LogP contribution in [-0.2, 0) is 19.3 Å². The summed E-state index contributed by atoms with van der Waals surface area (Å²) in [6.45, 7) is 0.226. The van der Waals surface area contributed by atoms with Crippen molar-refractivity contribution < 1.29 is 5.11 Å². The quantitative estimate of drug-likeness (QED) is 0.831. The topological polar surface area (TPSA) is 20.2 Å². The lowest BCUT2D eigenvalue weighted by Crippen LogP contribution is -1.93. The van der Waals surface area contributed by atoms with Crippen molar-refractivity contribution in [2.45, 2.75) is 19.3 Å². The summed E-state index contributed by atoms with van der Waals surface area (Å²) in [5.41, 5.74) is 3.94. The van der Waals surface area contributed by atoms with Crippen molar-refractivity contribution in [1.29, 1.82) is 0 Å². The molecule has 0 amide bonds. The summed E-state index contributed by atoms with van der Waals surface area (Å²) in [6, 6.07) is 19.1. The minimum atomic E-state index is 0.226. The van der Waals surface area contributed by atoms with Gasteiger partial charge in [0.25, 0.3) is 0 Å². The van der Waals surface area contributed by atoms with Crippen molar-refractivity contribution in [2.75, 3.05) is 6.61 Å². The maximum Gasteiger partial charge on any atom is 0.0471 e. The van der Waals surface area contributed by atoms with Gasteiger partial charge in [0, 0.05) is 6.61 Å². The summed E-state index contributed by atoms with van der Waals surface area (Å²) < 4.78 is 0. The van der Waals surface area contributed by atoms with E-state index in [4.69, 9.17) is 5.11 Å². The summed E-state index contributed by atoms with van der Waals surface area (Å²) >= 11 is 0. The molecule has 2 aromatic rings. The Morgan fingerprint density at radius 1 is 0.588 bits per heavy atom. The highest BCUT2D eigenvalue weighted by Crippen LogP contribution is 2.09. The van der Waals surface area contributed by atoms with Gasteiger partial charge in [-0.2, -0.15) is 0 Å². The van der Waals surface area contributed by atoms with Crippen LogP contribution in [0.25, 0.3) is 0 Å². The van der Waals surface area contributed by atoms with E-state index in [1.807, 2.05) is 6.07 Å². The van der Waals surface area contributed by atoms with E-state index in [0.717, 1.165) is 19.3 Å². The molecule has 1 N–H and O–H groups in total. The fourth-order valence-corrected chi connectivity index (χ4v) is 1.94. The average Bonchev–Trinajstić information content (AvgIpc) is 2.40. The van der Waals surface area contributed by atoms with E-state index < -0.39 is 0 Å². The van der Waals surface area contributed by atoms with Crippen LogP contribution in [0.1, 0.15) is 16.7 Å². The van der Waals surface area contributed by atoms with E-state index in [-0.39, 0.29) is 6.61 Å². The van der Waals surface area contributed by atoms with Gasteiger partial charge in [-0.3, -0.25) is 0 Å². The summed E-state index contributed by atoms with van der Waals surface area (Å²) in [6.07, 6.45) is 2.91. The van der Waals surface area contributed by atoms with Gasteiger partial charge in [-0.1, -0.05) is 54.6 Å². The second-order valence-electron chi connectivity index (χ2n) is 4.28. The van der Waals surface area contributed by atoms with Crippen molar-refractivity contribution >= 4 is 0 Å². The Hall–Kier alpha value is -1.60. The number of hydrogen-bond donors (Lipinski definition) is 1. The molecule has 0 saturated carbocycles. The van der Waals surface area contributed by atoms with E-state index in [9.17, 15) is 0 Å². The standard InChI is InChI=1S/C16H18O/c17-13-12-16-10-8-15(9-11-16)7-6-14-4-2-1-3-5-14/h1-5,8-11,17H,6-7,12-13H2. The lowest BCUT2D eigenvalue weighted by atomic mass is 10.0. The van der Waals surface area contributed by atoms with Gasteiger partial charge in [-0.05, 0) is 36.0 Å². The second kappa shape index (κ2) is 6.21. The Morgan fingerprint density at radius 3 is 1.59 bits per heavy atom. The molecule has 17 heavy (non-hydrogen) atoms. The molecule has 0 aliphatic carbocycles. The van der Waals surface area contributed by atoms with Crippen LogP contribution in [0.2, 0.25) is 0 Å². The van der Waals surface area contributed by atoms with Gasteiger partial charge in [0.15, 0.2) is 0 Å². The number of hydrogen-bond acceptors (Lipinski definition) is 1. The zero-order valence-corrected chi connectivity index (χ0v) is 9.97. The molecule has 0 saturated heterocycles. The Bertz CT molecular complexity index is 431. The van der Waals surface area contributed by atoms with Gasteiger partial charge in [-0.15, -0.1) is 0 Å². The first-order valence-corrected chi connectivity index (χ1v) is 6.11. The Balaban J connectivity index is 1.91. The first-order valence-electron chi connectivity index (χ1n) is 6.11. The lowest BCUT2D eigenvalue weighted by Gasteiger charge is -2.03. The fourth-order valence-electron chi connectivity index (χ4n) is 1.94. The molecule has 0 aliphatic heterocycles. The number of rotatable bonds is 5. The molecule has 0 aromatic heterocycles. The maximum atomic E-state index is 8.84. The molecular weight excluding hydrogens is 208 g/mol. The van der Waals surface area contributed by atoms with Gasteiger partial charge in [0.05, 0.1) is 0 Å². The molecule has 0 heterocycles. The first-order chi connectivity index (χ1) is 8.38. The minimum Gasteiger partial charge on any atom is -0.396 e. The van der Waals surface area contributed by atoms with Gasteiger partial charge >= 0.3 is 0 Å². The zero-order chi connectivity index (χ0) is 11.9. The lowest BCUT2D eigenvalue weighted by molar-refractivity contribution is 0.299. The molecule has 88 valence electrons. The third kappa shape index (κ3) is 3.72. The highest BCUT2D eigenvalue weighted by Gasteiger charge is 1.96. The number of benzene rings is 2. The van der Waals surface area contributed by atoms with E-state index in [1.165, 1.54) is 16.7 Å². The zero-order valence-electron chi connectivity index (χ0n) is 9.97. The highest BCUT2D eigenvalue weighted by molar-refractivity contribution is 5.24. The Labute approximate surface area is 103 Å². The SMILES string of the molecule is OCCc1ccc(CCc2ccccc2)cc1. The molecule has 0 fully saturated rings. The van der Waals surface area contributed by atoms with E-state index in [1.54, 1.807) is 0 Å². The largest absolute Gasteiger partial charge is 0.396 e. The number of aliphatic hydroxyl groups excluding tert-OH is 1. The molecule has 0 bridgehead atoms. The number of aliphatic hydroxyl groups is 1. The molecule has 2 aromatic carbocycles. The third-order valence-corrected chi connectivity index (χ3v) is 2.97. The van der Waals surface area contributed by atoms with Crippen LogP contribution in [-0.4, -0.2) is 11.7 Å². The highest BCUT2D eigenvalue weighted by atomic mass is 16.2. The van der Waals surface area contributed by atoms with E-state index >= 15 is 0 Å². The summed E-state index contributed by atoms with van der Waals surface area (Å²) in [7, 11) is 0. The molecule has 0 atom stereocenters. The number of aryl methyl sites for hydroxylation is 2. The van der Waals surface area contributed by atoms with Crippen LogP contribution in [0.15, 0.2) is 54.6 Å². The fraction of sp³-hybridized carbons (Fsp3) is 0.250. The molecule has 0 unspecified atom stereocenters. The van der Waals surface area contributed by atoms with E-state index in [0.29, 0.717) is 0 Å². The smallest absolute Gasteiger partial charge is 0.0471 e. The van der Waals surface area contributed by atoms with Crippen LogP contribution >= 0.6 is 0 Å². The van der Waals surface area contributed by atoms with Crippen molar-refractivity contribution in [3.63, 3.8) is 0 Å². The maximum absolute atomic E-state index is 8.84. The van der Waals surface area contributed by atoms with Crippen LogP contribution in [0.3, 0.4) is 0 Å². The average molecular weight is 226 g/mol. The first kappa shape index (κ1) is 11.9. The molecule has 2 rings (SSSR count). The van der Waals surface area contributed by atoms with Crippen molar-refractivity contribution in [1.82, 2.24) is 0 Å². The molecule has 0 spiro atoms. The molecule has 0 radical (unpaired) electrons. The minimum absolute atomic E-state index is 0.226. The summed E-state index contributed by atoms with van der Waals surface area (Å²) in [4.78, 5) is 0. The molecular formula is C16H18O. The summed E-state index contributed by atoms with van der Waals surface area (Å²) in [5.74, 6) is 0. The predicted molar refractivity (Wildman–Crippen MR) is 71.1 cm³/mol. The normalized spacial score (nSPS) is 10.4. The van der Waals surface area contributed by atoms with E-state index in [2.05, 4.69) is 48.5 Å². The van der Waals surface area contributed by atoms with Crippen LogP contribution in [0.5, 0.6) is 0 Å². The predicted octanol–water partition coefficient (Wildman–Crippen LogP) is 3.01. The van der Waals surface area contributed by atoms with Crippen LogP contribution in [0, 0.1) is 0 Å². The second-order valence-corrected chi connectivity index (χ2v) is 4.28. The van der Waals surface area contributed by atoms with Crippen LogP contribution < -0.4 is 0 Å². The monoisotopic (exact) mass is 226 g/mol. The van der Waals surface area contributed by atoms with Gasteiger partial charge in [0.1, 0.15) is 0 Å². The Kier molecular flexibility index (Phi) is 4.34. The van der Waals surface area contributed by atoms with Crippen LogP contribution in [0.4, 0.5) is 0 Å². The van der Waals surface area contributed by atoms with Crippen molar-refractivity contribution in [3.8, 4) is 0 Å². The third-order valence-electron chi connectivity index (χ3n) is 2.97. The van der Waals surface area contributed by atoms with Gasteiger partial charge in [0.2, 0.25) is 0 Å². The summed E-state index contributed by atoms with van der Waals surface area (Å²) in [5, 5.41) is 8.84. The van der Waals surface area contributed by atoms with Gasteiger partial charge < -0.3 is 5.11 Å². The Morgan fingerprint density at radius 2 is 1.06 bits per heavy atom.